The molecule has 0 aliphatic heterocycles. The van der Waals surface area contributed by atoms with E-state index in [1.165, 1.54) is 7.11 Å². The molecule has 0 aromatic carbocycles. The van der Waals surface area contributed by atoms with Crippen molar-refractivity contribution in [1.82, 2.24) is 5.32 Å². The first kappa shape index (κ1) is 17.4. The van der Waals surface area contributed by atoms with E-state index in [4.69, 9.17) is 14.2 Å². The van der Waals surface area contributed by atoms with Crippen LogP contribution in [0.1, 0.15) is 47.0 Å². The van der Waals surface area contributed by atoms with Crippen molar-refractivity contribution < 1.29 is 19.0 Å². The molecule has 0 aromatic heterocycles. The van der Waals surface area contributed by atoms with Crippen LogP contribution in [0.5, 0.6) is 0 Å². The standard InChI is InChI=1S/C15H29NO4/c1-14(2,3)20-11-10-19-9-8-15(4,13(17)18-5)16-12-6-7-12/h12,16H,6-11H2,1-5H3. The highest BCUT2D eigenvalue weighted by Gasteiger charge is 2.39. The third-order valence-corrected chi connectivity index (χ3v) is 3.25. The molecule has 1 rings (SSSR count). The van der Waals surface area contributed by atoms with Crippen molar-refractivity contribution in [3.8, 4) is 0 Å². The molecule has 0 radical (unpaired) electrons. The zero-order valence-corrected chi connectivity index (χ0v) is 13.5. The summed E-state index contributed by atoms with van der Waals surface area (Å²) in [6.07, 6.45) is 2.87. The summed E-state index contributed by atoms with van der Waals surface area (Å²) in [7, 11) is 1.42. The summed E-state index contributed by atoms with van der Waals surface area (Å²) >= 11 is 0. The lowest BCUT2D eigenvalue weighted by atomic mass is 9.98. The highest BCUT2D eigenvalue weighted by atomic mass is 16.5. The number of rotatable bonds is 9. The minimum Gasteiger partial charge on any atom is -0.468 e. The van der Waals surface area contributed by atoms with Gasteiger partial charge in [-0.25, -0.2) is 0 Å². The molecule has 0 saturated heterocycles. The second-order valence-electron chi connectivity index (χ2n) is 6.57. The lowest BCUT2D eigenvalue weighted by molar-refractivity contribution is -0.149. The molecule has 1 N–H and O–H groups in total. The maximum absolute atomic E-state index is 11.9. The first-order chi connectivity index (χ1) is 9.27. The number of hydrogen-bond donors (Lipinski definition) is 1. The van der Waals surface area contributed by atoms with Gasteiger partial charge in [-0.2, -0.15) is 0 Å². The van der Waals surface area contributed by atoms with Crippen molar-refractivity contribution in [3.63, 3.8) is 0 Å². The third kappa shape index (κ3) is 6.68. The summed E-state index contributed by atoms with van der Waals surface area (Å²) in [6.45, 7) is 9.54. The van der Waals surface area contributed by atoms with Gasteiger partial charge in [0.15, 0.2) is 0 Å². The van der Waals surface area contributed by atoms with E-state index in [0.717, 1.165) is 12.8 Å². The molecule has 0 amide bonds. The van der Waals surface area contributed by atoms with Crippen LogP contribution in [0.15, 0.2) is 0 Å². The molecule has 0 heterocycles. The predicted molar refractivity (Wildman–Crippen MR) is 77.7 cm³/mol. The number of esters is 1. The summed E-state index contributed by atoms with van der Waals surface area (Å²) in [6, 6.07) is 0.448. The molecule has 0 bridgehead atoms. The Morgan fingerprint density at radius 3 is 2.30 bits per heavy atom. The van der Waals surface area contributed by atoms with Crippen molar-refractivity contribution in [1.29, 1.82) is 0 Å². The van der Waals surface area contributed by atoms with E-state index in [-0.39, 0.29) is 11.6 Å². The SMILES string of the molecule is COC(=O)C(C)(CCOCCOC(C)(C)C)NC1CC1. The molecule has 1 aliphatic carbocycles. The number of nitrogens with one attached hydrogen (secondary N) is 1. The third-order valence-electron chi connectivity index (χ3n) is 3.25. The Bertz CT molecular complexity index is 309. The Kier molecular flexibility index (Phi) is 6.43. The fourth-order valence-electron chi connectivity index (χ4n) is 1.92. The van der Waals surface area contributed by atoms with Crippen molar-refractivity contribution in [2.75, 3.05) is 26.9 Å². The van der Waals surface area contributed by atoms with E-state index in [1.54, 1.807) is 0 Å². The molecule has 0 spiro atoms. The summed E-state index contributed by atoms with van der Waals surface area (Å²) in [5, 5.41) is 3.35. The average Bonchev–Trinajstić information content (AvgIpc) is 3.15. The minimum absolute atomic E-state index is 0.141. The molecule has 0 aromatic rings. The molecule has 118 valence electrons. The fourth-order valence-corrected chi connectivity index (χ4v) is 1.92. The quantitative estimate of drug-likeness (QED) is 0.518. The van der Waals surface area contributed by atoms with Crippen molar-refractivity contribution in [2.45, 2.75) is 64.1 Å². The van der Waals surface area contributed by atoms with E-state index in [0.29, 0.717) is 32.3 Å². The second-order valence-corrected chi connectivity index (χ2v) is 6.57. The number of carbonyl (C=O) groups excluding carboxylic acids is 1. The monoisotopic (exact) mass is 287 g/mol. The largest absolute Gasteiger partial charge is 0.468 e. The van der Waals surface area contributed by atoms with Crippen LogP contribution in [0.3, 0.4) is 0 Å². The first-order valence-electron chi connectivity index (χ1n) is 7.35. The molecular formula is C15H29NO4. The van der Waals surface area contributed by atoms with E-state index in [2.05, 4.69) is 5.32 Å². The smallest absolute Gasteiger partial charge is 0.325 e. The van der Waals surface area contributed by atoms with Gasteiger partial charge in [0.2, 0.25) is 0 Å². The van der Waals surface area contributed by atoms with Crippen LogP contribution in [0.4, 0.5) is 0 Å². The molecule has 1 saturated carbocycles. The van der Waals surface area contributed by atoms with E-state index in [9.17, 15) is 4.79 Å². The Labute approximate surface area is 122 Å². The zero-order valence-electron chi connectivity index (χ0n) is 13.5. The Hall–Kier alpha value is -0.650. The van der Waals surface area contributed by atoms with Gasteiger partial charge in [0.25, 0.3) is 0 Å². The highest BCUT2D eigenvalue weighted by molar-refractivity contribution is 5.80. The van der Waals surface area contributed by atoms with Gasteiger partial charge < -0.3 is 14.2 Å². The fraction of sp³-hybridized carbons (Fsp3) is 0.933. The Morgan fingerprint density at radius 1 is 1.15 bits per heavy atom. The Morgan fingerprint density at radius 2 is 1.80 bits per heavy atom. The number of carbonyl (C=O) groups is 1. The predicted octanol–water partition coefficient (Wildman–Crippen LogP) is 1.89. The molecule has 5 heteroatoms. The van der Waals surface area contributed by atoms with Crippen LogP contribution in [-0.2, 0) is 19.0 Å². The van der Waals surface area contributed by atoms with Crippen LogP contribution in [0, 0.1) is 0 Å². The van der Waals surface area contributed by atoms with Gasteiger partial charge in [0.1, 0.15) is 5.54 Å². The normalized spacial score (nSPS) is 18.6. The van der Waals surface area contributed by atoms with E-state index >= 15 is 0 Å². The van der Waals surface area contributed by atoms with Gasteiger partial charge >= 0.3 is 5.97 Å². The molecule has 5 nitrogen and oxygen atoms in total. The second kappa shape index (κ2) is 7.38. The summed E-state index contributed by atoms with van der Waals surface area (Å²) < 4.78 is 16.0. The molecule has 1 atom stereocenters. The van der Waals surface area contributed by atoms with Gasteiger partial charge in [0.05, 0.1) is 25.9 Å². The topological polar surface area (TPSA) is 56.8 Å². The molecule has 1 unspecified atom stereocenters. The van der Waals surface area contributed by atoms with Crippen molar-refractivity contribution >= 4 is 5.97 Å². The van der Waals surface area contributed by atoms with Gasteiger partial charge in [-0.1, -0.05) is 0 Å². The van der Waals surface area contributed by atoms with Gasteiger partial charge in [0, 0.05) is 12.6 Å². The molecule has 1 aliphatic rings. The van der Waals surface area contributed by atoms with E-state index in [1.807, 2.05) is 27.7 Å². The maximum Gasteiger partial charge on any atom is 0.325 e. The van der Waals surface area contributed by atoms with Crippen LogP contribution in [0.25, 0.3) is 0 Å². The van der Waals surface area contributed by atoms with Crippen LogP contribution >= 0.6 is 0 Å². The molecule has 1 fully saturated rings. The number of ether oxygens (including phenoxy) is 3. The van der Waals surface area contributed by atoms with Crippen LogP contribution < -0.4 is 5.32 Å². The maximum atomic E-state index is 11.9. The first-order valence-corrected chi connectivity index (χ1v) is 7.35. The number of hydrogen-bond acceptors (Lipinski definition) is 5. The van der Waals surface area contributed by atoms with Crippen LogP contribution in [0.2, 0.25) is 0 Å². The lowest BCUT2D eigenvalue weighted by Gasteiger charge is -2.28. The number of methoxy groups -OCH3 is 1. The molecule has 20 heavy (non-hydrogen) atoms. The minimum atomic E-state index is -0.652. The van der Waals surface area contributed by atoms with Gasteiger partial charge in [-0.3, -0.25) is 10.1 Å². The van der Waals surface area contributed by atoms with E-state index < -0.39 is 5.54 Å². The van der Waals surface area contributed by atoms with Crippen LogP contribution in [-0.4, -0.2) is 50.1 Å². The average molecular weight is 287 g/mol. The Balaban J connectivity index is 2.23. The zero-order chi connectivity index (χ0) is 15.2. The summed E-state index contributed by atoms with van der Waals surface area (Å²) in [5.74, 6) is -0.223. The van der Waals surface area contributed by atoms with Crippen molar-refractivity contribution in [3.05, 3.63) is 0 Å². The summed E-state index contributed by atoms with van der Waals surface area (Å²) in [5.41, 5.74) is -0.793. The molecular weight excluding hydrogens is 258 g/mol. The lowest BCUT2D eigenvalue weighted by Crippen LogP contribution is -2.52. The highest BCUT2D eigenvalue weighted by Crippen LogP contribution is 2.24. The van der Waals surface area contributed by atoms with Gasteiger partial charge in [-0.05, 0) is 47.0 Å². The van der Waals surface area contributed by atoms with Crippen molar-refractivity contribution in [2.24, 2.45) is 0 Å². The van der Waals surface area contributed by atoms with Gasteiger partial charge in [-0.15, -0.1) is 0 Å². The summed E-state index contributed by atoms with van der Waals surface area (Å²) in [4.78, 5) is 11.9.